The molecule has 2 aromatic carbocycles. The van der Waals surface area contributed by atoms with Crippen molar-refractivity contribution >= 4 is 5.91 Å². The molecule has 0 aliphatic carbocycles. The fourth-order valence-electron chi connectivity index (χ4n) is 1.90. The Morgan fingerprint density at radius 3 is 2.33 bits per heavy atom. The van der Waals surface area contributed by atoms with Crippen molar-refractivity contribution in [2.75, 3.05) is 6.79 Å². The van der Waals surface area contributed by atoms with Gasteiger partial charge in [0.15, 0.2) is 11.5 Å². The lowest BCUT2D eigenvalue weighted by atomic mass is 10.0. The number of nitrogens with two attached hydrogens (primary N) is 1. The van der Waals surface area contributed by atoms with Gasteiger partial charge in [-0.05, 0) is 35.4 Å². The molecule has 1 aliphatic rings. The fraction of sp³-hybridized carbons (Fsp3) is 0.0714. The monoisotopic (exact) mass is 241 g/mol. The molecule has 90 valence electrons. The van der Waals surface area contributed by atoms with Crippen LogP contribution in [0.1, 0.15) is 10.4 Å². The Morgan fingerprint density at radius 2 is 1.61 bits per heavy atom. The molecule has 1 heterocycles. The highest BCUT2D eigenvalue weighted by Gasteiger charge is 2.13. The number of benzene rings is 2. The lowest BCUT2D eigenvalue weighted by Crippen LogP contribution is -2.10. The zero-order valence-corrected chi connectivity index (χ0v) is 9.55. The lowest BCUT2D eigenvalue weighted by Gasteiger charge is -2.04. The van der Waals surface area contributed by atoms with Gasteiger partial charge in [0.25, 0.3) is 0 Å². The van der Waals surface area contributed by atoms with Crippen LogP contribution >= 0.6 is 0 Å². The third kappa shape index (κ3) is 1.78. The number of hydrogen-bond donors (Lipinski definition) is 1. The summed E-state index contributed by atoms with van der Waals surface area (Å²) in [7, 11) is 0. The Bertz CT molecular complexity index is 605. The molecule has 18 heavy (non-hydrogen) atoms. The van der Waals surface area contributed by atoms with Crippen LogP contribution in [0.4, 0.5) is 0 Å². The first-order chi connectivity index (χ1) is 8.74. The van der Waals surface area contributed by atoms with E-state index in [-0.39, 0.29) is 6.79 Å². The Labute approximate surface area is 104 Å². The van der Waals surface area contributed by atoms with Crippen molar-refractivity contribution in [2.24, 2.45) is 5.73 Å². The van der Waals surface area contributed by atoms with E-state index in [1.165, 1.54) is 0 Å². The molecule has 4 heteroatoms. The second kappa shape index (κ2) is 4.07. The summed E-state index contributed by atoms with van der Waals surface area (Å²) in [5.74, 6) is 1.08. The molecule has 1 amide bonds. The average Bonchev–Trinajstić information content (AvgIpc) is 2.86. The van der Waals surface area contributed by atoms with Crippen molar-refractivity contribution in [3.63, 3.8) is 0 Å². The van der Waals surface area contributed by atoms with E-state index < -0.39 is 5.91 Å². The van der Waals surface area contributed by atoms with Crippen LogP contribution in [-0.4, -0.2) is 12.7 Å². The molecule has 0 unspecified atom stereocenters. The zero-order chi connectivity index (χ0) is 12.5. The molecule has 0 radical (unpaired) electrons. The van der Waals surface area contributed by atoms with Gasteiger partial charge in [-0.3, -0.25) is 4.79 Å². The highest BCUT2D eigenvalue weighted by Crippen LogP contribution is 2.35. The summed E-state index contributed by atoms with van der Waals surface area (Å²) >= 11 is 0. The quantitative estimate of drug-likeness (QED) is 0.876. The van der Waals surface area contributed by atoms with Crippen molar-refractivity contribution in [2.45, 2.75) is 0 Å². The van der Waals surface area contributed by atoms with Crippen LogP contribution in [0.2, 0.25) is 0 Å². The molecule has 3 rings (SSSR count). The molecule has 0 aromatic heterocycles. The molecule has 0 atom stereocenters. The van der Waals surface area contributed by atoms with Gasteiger partial charge in [-0.1, -0.05) is 18.2 Å². The summed E-state index contributed by atoms with van der Waals surface area (Å²) in [6.45, 7) is 0.263. The number of carbonyl (C=O) groups is 1. The summed E-state index contributed by atoms with van der Waals surface area (Å²) in [5.41, 5.74) is 7.71. The number of rotatable bonds is 2. The Hall–Kier alpha value is -2.49. The van der Waals surface area contributed by atoms with Gasteiger partial charge >= 0.3 is 0 Å². The minimum Gasteiger partial charge on any atom is -0.454 e. The molecule has 2 aromatic rings. The molecule has 0 saturated carbocycles. The van der Waals surface area contributed by atoms with Crippen molar-refractivity contribution in [1.82, 2.24) is 0 Å². The minimum absolute atomic E-state index is 0.263. The maximum absolute atomic E-state index is 11.0. The summed E-state index contributed by atoms with van der Waals surface area (Å²) in [4.78, 5) is 11.0. The lowest BCUT2D eigenvalue weighted by molar-refractivity contribution is 0.100. The van der Waals surface area contributed by atoms with E-state index in [1.54, 1.807) is 12.1 Å². The molecular weight excluding hydrogens is 230 g/mol. The zero-order valence-electron chi connectivity index (χ0n) is 9.55. The fourth-order valence-corrected chi connectivity index (χ4v) is 1.90. The van der Waals surface area contributed by atoms with Gasteiger partial charge in [0, 0.05) is 5.56 Å². The maximum atomic E-state index is 11.0. The van der Waals surface area contributed by atoms with Crippen molar-refractivity contribution in [3.8, 4) is 22.6 Å². The first-order valence-corrected chi connectivity index (χ1v) is 5.54. The second-order valence-corrected chi connectivity index (χ2v) is 4.01. The van der Waals surface area contributed by atoms with E-state index >= 15 is 0 Å². The third-order valence-corrected chi connectivity index (χ3v) is 2.88. The topological polar surface area (TPSA) is 61.6 Å². The number of amides is 1. The normalized spacial score (nSPS) is 12.4. The highest BCUT2D eigenvalue weighted by molar-refractivity contribution is 5.93. The SMILES string of the molecule is NC(=O)c1ccc(-c2ccc3c(c2)OCO3)cc1. The Balaban J connectivity index is 1.97. The third-order valence-electron chi connectivity index (χ3n) is 2.88. The van der Waals surface area contributed by atoms with Gasteiger partial charge in [-0.25, -0.2) is 0 Å². The predicted molar refractivity (Wildman–Crippen MR) is 66.5 cm³/mol. The summed E-state index contributed by atoms with van der Waals surface area (Å²) in [5, 5.41) is 0. The van der Waals surface area contributed by atoms with E-state index in [4.69, 9.17) is 15.2 Å². The molecule has 0 saturated heterocycles. The smallest absolute Gasteiger partial charge is 0.248 e. The van der Waals surface area contributed by atoms with Gasteiger partial charge in [0.1, 0.15) is 0 Å². The van der Waals surface area contributed by atoms with Crippen molar-refractivity contribution < 1.29 is 14.3 Å². The predicted octanol–water partition coefficient (Wildman–Crippen LogP) is 2.18. The largest absolute Gasteiger partial charge is 0.454 e. The van der Waals surface area contributed by atoms with E-state index in [1.807, 2.05) is 30.3 Å². The maximum Gasteiger partial charge on any atom is 0.248 e. The van der Waals surface area contributed by atoms with Crippen LogP contribution in [0, 0.1) is 0 Å². The Kier molecular flexibility index (Phi) is 2.41. The molecular formula is C14H11NO3. The van der Waals surface area contributed by atoms with E-state index in [9.17, 15) is 4.79 Å². The Morgan fingerprint density at radius 1 is 0.944 bits per heavy atom. The second-order valence-electron chi connectivity index (χ2n) is 4.01. The summed E-state index contributed by atoms with van der Waals surface area (Å²) in [6.07, 6.45) is 0. The number of carbonyl (C=O) groups excluding carboxylic acids is 1. The van der Waals surface area contributed by atoms with Gasteiger partial charge in [0.2, 0.25) is 12.7 Å². The first-order valence-electron chi connectivity index (χ1n) is 5.54. The number of hydrogen-bond acceptors (Lipinski definition) is 3. The van der Waals surface area contributed by atoms with Gasteiger partial charge in [-0.15, -0.1) is 0 Å². The molecule has 1 aliphatic heterocycles. The molecule has 4 nitrogen and oxygen atoms in total. The van der Waals surface area contributed by atoms with Gasteiger partial charge < -0.3 is 15.2 Å². The molecule has 0 fully saturated rings. The molecule has 0 spiro atoms. The van der Waals surface area contributed by atoms with E-state index in [0.717, 1.165) is 22.6 Å². The van der Waals surface area contributed by atoms with Gasteiger partial charge in [0.05, 0.1) is 0 Å². The molecule has 0 bridgehead atoms. The average molecular weight is 241 g/mol. The van der Waals surface area contributed by atoms with Crippen LogP contribution in [-0.2, 0) is 0 Å². The van der Waals surface area contributed by atoms with Gasteiger partial charge in [-0.2, -0.15) is 0 Å². The van der Waals surface area contributed by atoms with Crippen LogP contribution in [0.15, 0.2) is 42.5 Å². The van der Waals surface area contributed by atoms with E-state index in [0.29, 0.717) is 5.56 Å². The standard InChI is InChI=1S/C14H11NO3/c15-14(16)10-3-1-9(2-4-10)11-5-6-12-13(7-11)18-8-17-12/h1-7H,8H2,(H2,15,16). The van der Waals surface area contributed by atoms with Crippen molar-refractivity contribution in [1.29, 1.82) is 0 Å². The number of fused-ring (bicyclic) bond motifs is 1. The summed E-state index contributed by atoms with van der Waals surface area (Å²) in [6, 6.07) is 12.9. The van der Waals surface area contributed by atoms with E-state index in [2.05, 4.69) is 0 Å². The van der Waals surface area contributed by atoms with Crippen LogP contribution in [0.5, 0.6) is 11.5 Å². The van der Waals surface area contributed by atoms with Crippen LogP contribution in [0.25, 0.3) is 11.1 Å². The molecule has 2 N–H and O–H groups in total. The minimum atomic E-state index is -0.424. The van der Waals surface area contributed by atoms with Crippen LogP contribution in [0.3, 0.4) is 0 Å². The number of ether oxygens (including phenoxy) is 2. The first kappa shape index (κ1) is 10.7. The summed E-state index contributed by atoms with van der Waals surface area (Å²) < 4.78 is 10.6. The highest BCUT2D eigenvalue weighted by atomic mass is 16.7. The number of primary amides is 1. The van der Waals surface area contributed by atoms with Crippen LogP contribution < -0.4 is 15.2 Å². The van der Waals surface area contributed by atoms with Crippen molar-refractivity contribution in [3.05, 3.63) is 48.0 Å².